The molecule has 8 aromatic rings. The lowest BCUT2D eigenvalue weighted by Gasteiger charge is -2.31. The Labute approximate surface area is 397 Å². The molecule has 0 radical (unpaired) electrons. The zero-order chi connectivity index (χ0) is 48.5. The van der Waals surface area contributed by atoms with Crippen LogP contribution >= 0.6 is 0 Å². The maximum absolute atomic E-state index is 5.00. The summed E-state index contributed by atoms with van der Waals surface area (Å²) in [5.41, 5.74) is 7.15. The highest BCUT2D eigenvalue weighted by Crippen LogP contribution is 2.30. The largest absolute Gasteiger partial charge is 0.213 e. The zero-order valence-electron chi connectivity index (χ0n) is 42.5. The van der Waals surface area contributed by atoms with Crippen molar-refractivity contribution in [1.82, 2.24) is 15.0 Å². The molecule has 7 aromatic carbocycles. The maximum atomic E-state index is 5.00. The molecule has 3 nitrogen and oxygen atoms in total. The monoisotopic (exact) mass is 882 g/mol. The molecule has 2 heterocycles. The van der Waals surface area contributed by atoms with Gasteiger partial charge < -0.3 is 0 Å². The van der Waals surface area contributed by atoms with Gasteiger partial charge in [-0.3, -0.25) is 0 Å². The van der Waals surface area contributed by atoms with E-state index in [4.69, 9.17) is 15.0 Å². The van der Waals surface area contributed by atoms with Crippen molar-refractivity contribution < 1.29 is 0 Å². The molecular formula is C61H79N3Si. The lowest BCUT2D eigenvalue weighted by Crippen LogP contribution is -2.72. The van der Waals surface area contributed by atoms with Gasteiger partial charge in [0.2, 0.25) is 0 Å². The van der Waals surface area contributed by atoms with Gasteiger partial charge in [-0.2, -0.15) is 0 Å². The van der Waals surface area contributed by atoms with Crippen molar-refractivity contribution in [3.8, 4) is 33.9 Å². The summed E-state index contributed by atoms with van der Waals surface area (Å²) in [7, 11) is -2.55. The van der Waals surface area contributed by atoms with E-state index in [-0.39, 0.29) is 0 Å². The fourth-order valence-corrected chi connectivity index (χ4v) is 12.5. The first-order chi connectivity index (χ1) is 32.2. The predicted molar refractivity (Wildman–Crippen MR) is 293 cm³/mol. The van der Waals surface area contributed by atoms with Crippen molar-refractivity contribution in [3.63, 3.8) is 0 Å². The van der Waals surface area contributed by atoms with Crippen LogP contribution in [-0.4, -0.2) is 23.0 Å². The SMILES string of the molecule is CC.CC.CC.CC.CC.CC.CC.Cc1ccccc1.c1ccc(-c2nc(Cc3ccc4c(c3)[Si](c3ccccc3)(c3ccccc3)c3ccccc3-4)nc(-c3ccccc3)n2)cc1. The molecule has 0 spiro atoms. The van der Waals surface area contributed by atoms with Crippen molar-refractivity contribution in [2.75, 3.05) is 0 Å². The average Bonchev–Trinajstić information content (AvgIpc) is 3.72. The first-order valence-corrected chi connectivity index (χ1v) is 26.4. The summed E-state index contributed by atoms with van der Waals surface area (Å²) in [6.07, 6.45) is 0.611. The van der Waals surface area contributed by atoms with E-state index in [0.717, 1.165) is 17.0 Å². The van der Waals surface area contributed by atoms with Crippen molar-refractivity contribution in [3.05, 3.63) is 211 Å². The molecule has 342 valence electrons. The second kappa shape index (κ2) is 33.3. The van der Waals surface area contributed by atoms with E-state index in [1.165, 1.54) is 43.0 Å². The van der Waals surface area contributed by atoms with Crippen molar-refractivity contribution in [1.29, 1.82) is 0 Å². The Hall–Kier alpha value is -6.23. The first kappa shape index (κ1) is 56.8. The van der Waals surface area contributed by atoms with Crippen molar-refractivity contribution in [2.45, 2.75) is 110 Å². The fraction of sp³-hybridized carbons (Fsp3) is 0.262. The molecule has 0 saturated heterocycles. The smallest absolute Gasteiger partial charge is 0.180 e. The Morgan fingerprint density at radius 2 is 0.692 bits per heavy atom. The third kappa shape index (κ3) is 14.9. The summed E-state index contributed by atoms with van der Waals surface area (Å²) in [5, 5.41) is 5.66. The Bertz CT molecular complexity index is 2290. The molecule has 0 aliphatic carbocycles. The van der Waals surface area contributed by atoms with Gasteiger partial charge in [0.15, 0.2) is 19.7 Å². The van der Waals surface area contributed by atoms with Crippen LogP contribution in [0.4, 0.5) is 0 Å². The standard InChI is InChI=1S/C40H29N3Si.C7H8.7C2H6/c1-5-15-30(16-6-1)39-41-38(42-40(43-39)31-17-7-2-8-18-31)28-29-25-26-35-34-23-13-14-24-36(34)44(37(35)27-29,32-19-9-3-10-20-32)33-21-11-4-12-22-33;1-7-5-3-2-4-6-7;7*1-2/h1-27H,28H2;2-6H,1H3;7*1-2H3. The summed E-state index contributed by atoms with van der Waals surface area (Å²) in [5.74, 6) is 2.15. The number of rotatable bonds is 6. The van der Waals surface area contributed by atoms with Crippen LogP contribution in [0.5, 0.6) is 0 Å². The van der Waals surface area contributed by atoms with Gasteiger partial charge in [0, 0.05) is 17.5 Å². The minimum atomic E-state index is -2.55. The van der Waals surface area contributed by atoms with Crippen LogP contribution in [0.2, 0.25) is 0 Å². The predicted octanol–water partition coefficient (Wildman–Crippen LogP) is 15.3. The Kier molecular flexibility index (Phi) is 29.1. The van der Waals surface area contributed by atoms with E-state index in [2.05, 4.69) is 146 Å². The van der Waals surface area contributed by atoms with E-state index in [9.17, 15) is 0 Å². The molecule has 0 fully saturated rings. The van der Waals surface area contributed by atoms with Crippen LogP contribution in [-0.2, 0) is 6.42 Å². The van der Waals surface area contributed by atoms with Crippen LogP contribution in [0.1, 0.15) is 114 Å². The molecule has 0 N–H and O–H groups in total. The van der Waals surface area contributed by atoms with E-state index in [0.29, 0.717) is 18.1 Å². The minimum Gasteiger partial charge on any atom is -0.213 e. The molecular weight excluding hydrogens is 803 g/mol. The van der Waals surface area contributed by atoms with Crippen molar-refractivity contribution >= 4 is 28.8 Å². The van der Waals surface area contributed by atoms with Crippen LogP contribution in [0, 0.1) is 6.92 Å². The molecule has 0 bridgehead atoms. The molecule has 0 atom stereocenters. The number of hydrogen-bond donors (Lipinski definition) is 0. The highest BCUT2D eigenvalue weighted by atomic mass is 28.3. The summed E-state index contributed by atoms with van der Waals surface area (Å²) in [6, 6.07) is 68.9. The summed E-state index contributed by atoms with van der Waals surface area (Å²) in [4.78, 5) is 14.9. The molecule has 65 heavy (non-hydrogen) atoms. The number of nitrogens with zero attached hydrogens (tertiary/aromatic N) is 3. The average molecular weight is 882 g/mol. The molecule has 0 unspecified atom stereocenters. The topological polar surface area (TPSA) is 38.7 Å². The van der Waals surface area contributed by atoms with Gasteiger partial charge in [-0.25, -0.2) is 15.0 Å². The Balaban J connectivity index is 0.000000865. The van der Waals surface area contributed by atoms with Crippen LogP contribution in [0.25, 0.3) is 33.9 Å². The van der Waals surface area contributed by atoms with Gasteiger partial charge in [0.1, 0.15) is 5.82 Å². The molecule has 1 aliphatic heterocycles. The lowest BCUT2D eigenvalue weighted by atomic mass is 10.0. The maximum Gasteiger partial charge on any atom is 0.180 e. The Morgan fingerprint density at radius 1 is 0.338 bits per heavy atom. The van der Waals surface area contributed by atoms with Gasteiger partial charge in [0.05, 0.1) is 0 Å². The first-order valence-electron chi connectivity index (χ1n) is 24.4. The molecule has 1 aromatic heterocycles. The zero-order valence-corrected chi connectivity index (χ0v) is 43.5. The number of aromatic nitrogens is 3. The minimum absolute atomic E-state index is 0.611. The normalized spacial score (nSPS) is 10.3. The van der Waals surface area contributed by atoms with Crippen molar-refractivity contribution in [2.24, 2.45) is 0 Å². The second-order valence-corrected chi connectivity index (χ2v) is 16.6. The third-order valence-corrected chi connectivity index (χ3v) is 14.4. The second-order valence-electron chi connectivity index (χ2n) is 12.9. The van der Waals surface area contributed by atoms with E-state index in [1.54, 1.807) is 0 Å². The van der Waals surface area contributed by atoms with E-state index in [1.807, 2.05) is 152 Å². The number of benzene rings is 7. The van der Waals surface area contributed by atoms with E-state index >= 15 is 0 Å². The summed E-state index contributed by atoms with van der Waals surface area (Å²) in [6.45, 7) is 30.1. The lowest BCUT2D eigenvalue weighted by molar-refractivity contribution is 0.933. The van der Waals surface area contributed by atoms with Gasteiger partial charge in [-0.15, -0.1) is 0 Å². The van der Waals surface area contributed by atoms with Gasteiger partial charge in [-0.05, 0) is 44.4 Å². The van der Waals surface area contributed by atoms with Gasteiger partial charge in [0.25, 0.3) is 0 Å². The fourth-order valence-electron chi connectivity index (χ4n) is 7.25. The van der Waals surface area contributed by atoms with Gasteiger partial charge in [-0.1, -0.05) is 297 Å². The third-order valence-electron chi connectivity index (χ3n) is 9.57. The van der Waals surface area contributed by atoms with Crippen LogP contribution in [0.3, 0.4) is 0 Å². The van der Waals surface area contributed by atoms with Crippen LogP contribution < -0.4 is 20.7 Å². The van der Waals surface area contributed by atoms with Crippen LogP contribution in [0.15, 0.2) is 194 Å². The quantitative estimate of drug-likeness (QED) is 0.156. The highest BCUT2D eigenvalue weighted by molar-refractivity contribution is 7.22. The molecule has 1 aliphatic rings. The summed E-state index contributed by atoms with van der Waals surface area (Å²) >= 11 is 0. The Morgan fingerprint density at radius 3 is 1.09 bits per heavy atom. The molecule has 9 rings (SSSR count). The molecule has 0 amide bonds. The number of hydrogen-bond acceptors (Lipinski definition) is 3. The molecule has 4 heteroatoms. The number of fused-ring (bicyclic) bond motifs is 3. The summed E-state index contributed by atoms with van der Waals surface area (Å²) < 4.78 is 0. The molecule has 0 saturated carbocycles. The van der Waals surface area contributed by atoms with Gasteiger partial charge >= 0.3 is 0 Å². The van der Waals surface area contributed by atoms with E-state index < -0.39 is 8.07 Å². The highest BCUT2D eigenvalue weighted by Gasteiger charge is 2.48. The number of aryl methyl sites for hydroxylation is 1.